The lowest BCUT2D eigenvalue weighted by molar-refractivity contribution is 0.110. The molecule has 3 N–H and O–H groups in total. The van der Waals surface area contributed by atoms with Gasteiger partial charge in [-0.3, -0.25) is 0 Å². The number of aliphatic hydroxyl groups excluding tert-OH is 1. The molecule has 0 radical (unpaired) electrons. The van der Waals surface area contributed by atoms with E-state index in [4.69, 9.17) is 5.73 Å². The van der Waals surface area contributed by atoms with Crippen molar-refractivity contribution in [2.75, 3.05) is 25.4 Å². The van der Waals surface area contributed by atoms with Gasteiger partial charge in [0.2, 0.25) is 0 Å². The molecule has 5 nitrogen and oxygen atoms in total. The maximum Gasteiger partial charge on any atom is 0.200 e. The van der Waals surface area contributed by atoms with Crippen LogP contribution in [-0.2, 0) is 6.54 Å². The highest BCUT2D eigenvalue weighted by Crippen LogP contribution is 2.09. The maximum absolute atomic E-state index is 9.86. The summed E-state index contributed by atoms with van der Waals surface area (Å²) in [6.45, 7) is 3.48. The van der Waals surface area contributed by atoms with E-state index in [1.807, 2.05) is 0 Å². The first kappa shape index (κ1) is 10.4. The fourth-order valence-corrected chi connectivity index (χ4v) is 2.04. The Morgan fingerprint density at radius 1 is 1.40 bits per heavy atom. The highest BCUT2D eigenvalue weighted by Gasteiger charge is 2.16. The third-order valence-electron chi connectivity index (χ3n) is 2.82. The molecule has 2 rings (SSSR count). The lowest BCUT2D eigenvalue weighted by atomic mass is 10.3. The van der Waals surface area contributed by atoms with E-state index in [1.165, 1.54) is 12.8 Å². The molecule has 0 saturated carbocycles. The van der Waals surface area contributed by atoms with Gasteiger partial charge in [0.05, 0.1) is 12.6 Å². The first-order valence-electron chi connectivity index (χ1n) is 5.43. The number of imidazole rings is 1. The van der Waals surface area contributed by atoms with E-state index in [0.29, 0.717) is 12.5 Å². The Balaban J connectivity index is 1.81. The summed E-state index contributed by atoms with van der Waals surface area (Å²) in [7, 11) is 0. The molecule has 0 bridgehead atoms. The minimum absolute atomic E-state index is 0.361. The average Bonchev–Trinajstić information content (AvgIpc) is 2.79. The molecule has 1 atom stereocenters. The minimum Gasteiger partial charge on any atom is -0.390 e. The second-order valence-electron chi connectivity index (χ2n) is 4.10. The fourth-order valence-electron chi connectivity index (χ4n) is 2.04. The van der Waals surface area contributed by atoms with Crippen molar-refractivity contribution >= 4 is 5.95 Å². The van der Waals surface area contributed by atoms with Crippen molar-refractivity contribution in [2.45, 2.75) is 25.5 Å². The molecule has 84 valence electrons. The number of likely N-dealkylation sites (tertiary alicyclic amines) is 1. The van der Waals surface area contributed by atoms with Gasteiger partial charge in [-0.15, -0.1) is 0 Å². The zero-order valence-corrected chi connectivity index (χ0v) is 8.84. The van der Waals surface area contributed by atoms with Crippen LogP contribution in [0.3, 0.4) is 0 Å². The molecule has 1 aromatic rings. The Morgan fingerprint density at radius 3 is 2.73 bits per heavy atom. The normalized spacial score (nSPS) is 19.5. The van der Waals surface area contributed by atoms with Gasteiger partial charge in [0, 0.05) is 18.9 Å². The third kappa shape index (κ3) is 2.70. The zero-order valence-electron chi connectivity index (χ0n) is 8.84. The largest absolute Gasteiger partial charge is 0.390 e. The molecule has 1 aliphatic heterocycles. The summed E-state index contributed by atoms with van der Waals surface area (Å²) in [6, 6.07) is 0. The van der Waals surface area contributed by atoms with Gasteiger partial charge in [-0.1, -0.05) is 0 Å². The second kappa shape index (κ2) is 4.63. The topological polar surface area (TPSA) is 67.3 Å². The van der Waals surface area contributed by atoms with Crippen molar-refractivity contribution in [3.05, 3.63) is 12.4 Å². The molecule has 2 heterocycles. The Morgan fingerprint density at radius 2 is 2.13 bits per heavy atom. The van der Waals surface area contributed by atoms with Crippen LogP contribution in [0.2, 0.25) is 0 Å². The van der Waals surface area contributed by atoms with Crippen LogP contribution < -0.4 is 5.73 Å². The van der Waals surface area contributed by atoms with Crippen LogP contribution >= 0.6 is 0 Å². The van der Waals surface area contributed by atoms with Crippen LogP contribution in [0.4, 0.5) is 5.95 Å². The van der Waals surface area contributed by atoms with Gasteiger partial charge < -0.3 is 20.3 Å². The quantitative estimate of drug-likeness (QED) is 0.729. The van der Waals surface area contributed by atoms with Crippen molar-refractivity contribution in [1.82, 2.24) is 14.5 Å². The van der Waals surface area contributed by atoms with Crippen LogP contribution in [0.25, 0.3) is 0 Å². The highest BCUT2D eigenvalue weighted by atomic mass is 16.3. The zero-order chi connectivity index (χ0) is 10.7. The lowest BCUT2D eigenvalue weighted by Crippen LogP contribution is -2.32. The number of nitrogens with two attached hydrogens (primary N) is 1. The molecule has 5 heteroatoms. The fraction of sp³-hybridized carbons (Fsp3) is 0.700. The van der Waals surface area contributed by atoms with Gasteiger partial charge in [0.25, 0.3) is 0 Å². The summed E-state index contributed by atoms with van der Waals surface area (Å²) in [5.74, 6) is 0.468. The van der Waals surface area contributed by atoms with Crippen molar-refractivity contribution in [2.24, 2.45) is 0 Å². The lowest BCUT2D eigenvalue weighted by Gasteiger charge is -2.19. The van der Waals surface area contributed by atoms with Gasteiger partial charge in [-0.25, -0.2) is 4.98 Å². The first-order valence-corrected chi connectivity index (χ1v) is 5.43. The van der Waals surface area contributed by atoms with Gasteiger partial charge in [-0.05, 0) is 25.9 Å². The van der Waals surface area contributed by atoms with Gasteiger partial charge in [0.1, 0.15) is 0 Å². The van der Waals surface area contributed by atoms with Crippen molar-refractivity contribution in [3.8, 4) is 0 Å². The average molecular weight is 210 g/mol. The molecule has 0 aromatic carbocycles. The predicted molar refractivity (Wildman–Crippen MR) is 58.3 cm³/mol. The SMILES string of the molecule is Nc1nccn1CC(O)CN1CCCC1. The molecular weight excluding hydrogens is 192 g/mol. The second-order valence-corrected chi connectivity index (χ2v) is 4.10. The standard InChI is InChI=1S/C10H18N4O/c11-10-12-3-6-14(10)8-9(15)7-13-4-1-2-5-13/h3,6,9,15H,1-2,4-5,7-8H2,(H2,11,12). The number of aromatic nitrogens is 2. The van der Waals surface area contributed by atoms with E-state index >= 15 is 0 Å². The number of nitrogens with zero attached hydrogens (tertiary/aromatic N) is 3. The Hall–Kier alpha value is -1.07. The number of β-amino-alcohol motifs (C(OH)–C–C–N with tert-alkyl or cyclic N) is 1. The molecule has 15 heavy (non-hydrogen) atoms. The van der Waals surface area contributed by atoms with Gasteiger partial charge in [0.15, 0.2) is 5.95 Å². The van der Waals surface area contributed by atoms with Crippen molar-refractivity contribution in [1.29, 1.82) is 0 Å². The summed E-state index contributed by atoms with van der Waals surface area (Å²) in [6.07, 6.45) is 5.58. The number of anilines is 1. The molecule has 1 fully saturated rings. The van der Waals surface area contributed by atoms with E-state index < -0.39 is 0 Å². The summed E-state index contributed by atoms with van der Waals surface area (Å²) < 4.78 is 1.78. The number of hydrogen-bond acceptors (Lipinski definition) is 4. The van der Waals surface area contributed by atoms with E-state index in [1.54, 1.807) is 17.0 Å². The van der Waals surface area contributed by atoms with Crippen LogP contribution in [0.5, 0.6) is 0 Å². The number of rotatable bonds is 4. The third-order valence-corrected chi connectivity index (χ3v) is 2.82. The van der Waals surface area contributed by atoms with E-state index in [-0.39, 0.29) is 6.10 Å². The molecule has 1 aliphatic rings. The smallest absolute Gasteiger partial charge is 0.200 e. The Kier molecular flexibility index (Phi) is 3.23. The monoisotopic (exact) mass is 210 g/mol. The van der Waals surface area contributed by atoms with E-state index in [0.717, 1.165) is 19.6 Å². The highest BCUT2D eigenvalue weighted by molar-refractivity contribution is 5.16. The molecule has 1 aromatic heterocycles. The summed E-state index contributed by atoms with van der Waals surface area (Å²) in [5.41, 5.74) is 5.62. The maximum atomic E-state index is 9.86. The molecule has 0 aliphatic carbocycles. The predicted octanol–water partition coefficient (Wildman–Crippen LogP) is -0.0780. The van der Waals surface area contributed by atoms with Crippen LogP contribution in [0, 0.1) is 0 Å². The van der Waals surface area contributed by atoms with Crippen LogP contribution in [-0.4, -0.2) is 45.3 Å². The number of aliphatic hydroxyl groups is 1. The first-order chi connectivity index (χ1) is 7.25. The van der Waals surface area contributed by atoms with Crippen molar-refractivity contribution < 1.29 is 5.11 Å². The molecule has 0 amide bonds. The molecular formula is C10H18N4O. The summed E-state index contributed by atoms with van der Waals surface area (Å²) >= 11 is 0. The Labute approximate surface area is 89.5 Å². The van der Waals surface area contributed by atoms with Crippen LogP contribution in [0.15, 0.2) is 12.4 Å². The van der Waals surface area contributed by atoms with Gasteiger partial charge >= 0.3 is 0 Å². The molecule has 0 spiro atoms. The van der Waals surface area contributed by atoms with Crippen LogP contribution in [0.1, 0.15) is 12.8 Å². The minimum atomic E-state index is -0.361. The number of hydrogen-bond donors (Lipinski definition) is 2. The summed E-state index contributed by atoms with van der Waals surface area (Å²) in [4.78, 5) is 6.21. The Bertz CT molecular complexity index is 306. The van der Waals surface area contributed by atoms with Gasteiger partial charge in [-0.2, -0.15) is 0 Å². The molecule has 1 saturated heterocycles. The number of nitrogen functional groups attached to an aromatic ring is 1. The molecule has 1 unspecified atom stereocenters. The van der Waals surface area contributed by atoms with Crippen molar-refractivity contribution in [3.63, 3.8) is 0 Å². The van der Waals surface area contributed by atoms with E-state index in [2.05, 4.69) is 9.88 Å². The summed E-state index contributed by atoms with van der Waals surface area (Å²) in [5, 5.41) is 9.86. The van der Waals surface area contributed by atoms with E-state index in [9.17, 15) is 5.11 Å².